The molecule has 1 heterocycles. The Balaban J connectivity index is 1.91. The summed E-state index contributed by atoms with van der Waals surface area (Å²) in [6.07, 6.45) is 2.33. The zero-order valence-corrected chi connectivity index (χ0v) is 12.0. The lowest BCUT2D eigenvalue weighted by Crippen LogP contribution is -2.11. The van der Waals surface area contributed by atoms with E-state index in [0.29, 0.717) is 6.42 Å². The molecule has 0 radical (unpaired) electrons. The van der Waals surface area contributed by atoms with Crippen molar-refractivity contribution in [3.8, 4) is 0 Å². The highest BCUT2D eigenvalue weighted by molar-refractivity contribution is 7.82. The van der Waals surface area contributed by atoms with Gasteiger partial charge in [-0.15, -0.1) is 11.3 Å². The standard InChI is InChI=1S/C15H14O2S2/c16-15(17)14(18)9-13-8-12(10-19-13)7-6-11-4-2-1-3-5-11/h1-5,8,10H,6-7,9H2,(H,16,17). The summed E-state index contributed by atoms with van der Waals surface area (Å²) in [5.74, 6) is -0.991. The predicted molar refractivity (Wildman–Crippen MR) is 82.1 cm³/mol. The third-order valence-corrected chi connectivity index (χ3v) is 4.13. The predicted octanol–water partition coefficient (Wildman–Crippen LogP) is 3.53. The molecule has 4 heteroatoms. The molecule has 0 spiro atoms. The van der Waals surface area contributed by atoms with Gasteiger partial charge in [-0.2, -0.15) is 0 Å². The highest BCUT2D eigenvalue weighted by Crippen LogP contribution is 2.18. The van der Waals surface area contributed by atoms with E-state index in [9.17, 15) is 4.79 Å². The number of rotatable bonds is 6. The van der Waals surface area contributed by atoms with E-state index >= 15 is 0 Å². The molecule has 0 saturated carbocycles. The second-order valence-corrected chi connectivity index (χ2v) is 5.80. The van der Waals surface area contributed by atoms with Crippen LogP contribution < -0.4 is 0 Å². The number of carboxylic acid groups (broad SMARTS) is 1. The van der Waals surface area contributed by atoms with E-state index in [4.69, 9.17) is 17.3 Å². The van der Waals surface area contributed by atoms with Crippen molar-refractivity contribution in [1.29, 1.82) is 0 Å². The van der Waals surface area contributed by atoms with Crippen molar-refractivity contribution in [2.24, 2.45) is 0 Å². The third-order valence-electron chi connectivity index (χ3n) is 2.83. The van der Waals surface area contributed by atoms with Crippen LogP contribution in [0.3, 0.4) is 0 Å². The summed E-state index contributed by atoms with van der Waals surface area (Å²) in [4.78, 5) is 11.8. The Hall–Kier alpha value is -1.52. The molecule has 0 aliphatic heterocycles. The Labute approximate surface area is 121 Å². The molecule has 2 rings (SSSR count). The number of carboxylic acids is 1. The lowest BCUT2D eigenvalue weighted by Gasteiger charge is -1.99. The molecule has 0 aliphatic carbocycles. The minimum atomic E-state index is -0.991. The molecule has 1 aromatic carbocycles. The Bertz CT molecular complexity index is 573. The van der Waals surface area contributed by atoms with Crippen LogP contribution >= 0.6 is 23.6 Å². The number of aryl methyl sites for hydroxylation is 2. The number of hydrogen-bond donors (Lipinski definition) is 1. The highest BCUT2D eigenvalue weighted by Gasteiger charge is 2.09. The fourth-order valence-corrected chi connectivity index (χ4v) is 3.00. The topological polar surface area (TPSA) is 37.3 Å². The van der Waals surface area contributed by atoms with Gasteiger partial charge in [0, 0.05) is 11.3 Å². The quantitative estimate of drug-likeness (QED) is 0.827. The van der Waals surface area contributed by atoms with Crippen molar-refractivity contribution in [3.63, 3.8) is 0 Å². The maximum Gasteiger partial charge on any atom is 0.342 e. The van der Waals surface area contributed by atoms with E-state index in [1.807, 2.05) is 18.2 Å². The smallest absolute Gasteiger partial charge is 0.342 e. The summed E-state index contributed by atoms with van der Waals surface area (Å²) in [6, 6.07) is 12.4. The summed E-state index contributed by atoms with van der Waals surface area (Å²) in [5, 5.41) is 10.9. The van der Waals surface area contributed by atoms with Gasteiger partial charge in [0.05, 0.1) is 0 Å². The molecule has 1 aromatic heterocycles. The number of thiophene rings is 1. The maximum absolute atomic E-state index is 10.7. The second-order valence-electron chi connectivity index (χ2n) is 4.31. The zero-order valence-electron chi connectivity index (χ0n) is 10.3. The summed E-state index contributed by atoms with van der Waals surface area (Å²) >= 11 is 6.40. The second kappa shape index (κ2) is 6.59. The Kier molecular flexibility index (Phi) is 4.82. The van der Waals surface area contributed by atoms with Gasteiger partial charge in [-0.1, -0.05) is 42.5 Å². The van der Waals surface area contributed by atoms with Gasteiger partial charge in [0.15, 0.2) is 0 Å². The number of aliphatic carboxylic acids is 1. The summed E-state index contributed by atoms with van der Waals surface area (Å²) < 4.78 is 0. The maximum atomic E-state index is 10.7. The van der Waals surface area contributed by atoms with E-state index in [1.165, 1.54) is 11.1 Å². The van der Waals surface area contributed by atoms with Crippen LogP contribution in [0.2, 0.25) is 0 Å². The van der Waals surface area contributed by atoms with Crippen molar-refractivity contribution in [2.45, 2.75) is 19.3 Å². The first-order valence-electron chi connectivity index (χ1n) is 6.01. The normalized spacial score (nSPS) is 10.3. The Morgan fingerprint density at radius 1 is 1.16 bits per heavy atom. The summed E-state index contributed by atoms with van der Waals surface area (Å²) in [6.45, 7) is 0. The van der Waals surface area contributed by atoms with Gasteiger partial charge in [0.2, 0.25) is 0 Å². The van der Waals surface area contributed by atoms with E-state index < -0.39 is 5.97 Å². The van der Waals surface area contributed by atoms with E-state index in [-0.39, 0.29) is 4.86 Å². The van der Waals surface area contributed by atoms with Crippen LogP contribution in [0.15, 0.2) is 41.8 Å². The molecule has 0 amide bonds. The number of benzene rings is 1. The average Bonchev–Trinajstić information content (AvgIpc) is 2.85. The van der Waals surface area contributed by atoms with E-state index in [2.05, 4.69) is 23.6 Å². The third kappa shape index (κ3) is 4.26. The van der Waals surface area contributed by atoms with Crippen LogP contribution in [0.25, 0.3) is 0 Å². The molecule has 2 nitrogen and oxygen atoms in total. The molecule has 0 unspecified atom stereocenters. The van der Waals surface area contributed by atoms with Crippen LogP contribution in [-0.2, 0) is 24.1 Å². The minimum absolute atomic E-state index is 0.0801. The minimum Gasteiger partial charge on any atom is -0.477 e. The van der Waals surface area contributed by atoms with Gasteiger partial charge < -0.3 is 5.11 Å². The van der Waals surface area contributed by atoms with Crippen LogP contribution in [0.1, 0.15) is 16.0 Å². The number of hydrogen-bond acceptors (Lipinski definition) is 3. The van der Waals surface area contributed by atoms with Gasteiger partial charge in [-0.3, -0.25) is 0 Å². The SMILES string of the molecule is O=C(O)C(=S)Cc1cc(CCc2ccccc2)cs1. The van der Waals surface area contributed by atoms with Crippen LogP contribution in [0.5, 0.6) is 0 Å². The molecule has 0 atom stereocenters. The van der Waals surface area contributed by atoms with Crippen molar-refractivity contribution in [2.75, 3.05) is 0 Å². The highest BCUT2D eigenvalue weighted by atomic mass is 32.1. The molecule has 0 saturated heterocycles. The Morgan fingerprint density at radius 2 is 1.84 bits per heavy atom. The van der Waals surface area contributed by atoms with Gasteiger partial charge in [-0.25, -0.2) is 4.79 Å². The first-order valence-corrected chi connectivity index (χ1v) is 7.30. The number of carbonyl (C=O) groups is 1. The molecule has 0 fully saturated rings. The van der Waals surface area contributed by atoms with Gasteiger partial charge in [0.25, 0.3) is 0 Å². The molecular formula is C15H14O2S2. The largest absolute Gasteiger partial charge is 0.477 e. The summed E-state index contributed by atoms with van der Waals surface area (Å²) in [5.41, 5.74) is 2.56. The first kappa shape index (κ1) is 13.9. The van der Waals surface area contributed by atoms with Crippen molar-refractivity contribution in [1.82, 2.24) is 0 Å². The van der Waals surface area contributed by atoms with Crippen LogP contribution in [-0.4, -0.2) is 15.9 Å². The molecule has 19 heavy (non-hydrogen) atoms. The van der Waals surface area contributed by atoms with Crippen molar-refractivity contribution >= 4 is 34.4 Å². The van der Waals surface area contributed by atoms with Crippen LogP contribution in [0, 0.1) is 0 Å². The molecular weight excluding hydrogens is 276 g/mol. The number of thiocarbonyl (C=S) groups is 1. The average molecular weight is 290 g/mol. The molecule has 98 valence electrons. The lowest BCUT2D eigenvalue weighted by molar-refractivity contribution is -0.129. The lowest BCUT2D eigenvalue weighted by atomic mass is 10.1. The van der Waals surface area contributed by atoms with E-state index in [1.54, 1.807) is 11.3 Å². The van der Waals surface area contributed by atoms with Crippen molar-refractivity contribution < 1.29 is 9.90 Å². The van der Waals surface area contributed by atoms with Crippen LogP contribution in [0.4, 0.5) is 0 Å². The molecule has 2 aromatic rings. The fourth-order valence-electron chi connectivity index (χ4n) is 1.82. The molecule has 1 N–H and O–H groups in total. The van der Waals surface area contributed by atoms with Gasteiger partial charge >= 0.3 is 5.97 Å². The molecule has 0 aliphatic rings. The molecule has 0 bridgehead atoms. The van der Waals surface area contributed by atoms with E-state index in [0.717, 1.165) is 17.7 Å². The van der Waals surface area contributed by atoms with Gasteiger partial charge in [0.1, 0.15) is 4.86 Å². The summed E-state index contributed by atoms with van der Waals surface area (Å²) in [7, 11) is 0. The monoisotopic (exact) mass is 290 g/mol. The van der Waals surface area contributed by atoms with Crippen molar-refractivity contribution in [3.05, 3.63) is 57.8 Å². The zero-order chi connectivity index (χ0) is 13.7. The Morgan fingerprint density at radius 3 is 2.53 bits per heavy atom. The fraction of sp³-hybridized carbons (Fsp3) is 0.200. The van der Waals surface area contributed by atoms with Gasteiger partial charge in [-0.05, 0) is 35.4 Å². The first-order chi connectivity index (χ1) is 9.15.